The van der Waals surface area contributed by atoms with Crippen LogP contribution in [-0.2, 0) is 14.4 Å². The first-order chi connectivity index (χ1) is 13.8. The molecule has 2 aromatic rings. The van der Waals surface area contributed by atoms with E-state index >= 15 is 0 Å². The lowest BCUT2D eigenvalue weighted by molar-refractivity contribution is -0.123. The molecule has 1 saturated heterocycles. The molecule has 2 atom stereocenters. The molecule has 29 heavy (non-hydrogen) atoms. The summed E-state index contributed by atoms with van der Waals surface area (Å²) in [5.74, 6) is -1.50. The lowest BCUT2D eigenvalue weighted by Crippen LogP contribution is -2.43. The molecule has 2 aliphatic heterocycles. The Kier molecular flexibility index (Phi) is 5.28. The molecule has 0 saturated carbocycles. The third-order valence-corrected chi connectivity index (χ3v) is 5.51. The van der Waals surface area contributed by atoms with Crippen LogP contribution in [0.15, 0.2) is 57.3 Å². The normalized spacial score (nSPS) is 20.4. The topological polar surface area (TPSA) is 94.4 Å². The van der Waals surface area contributed by atoms with E-state index in [2.05, 4.69) is 31.6 Å². The molecule has 4 rings (SSSR count). The van der Waals surface area contributed by atoms with Crippen molar-refractivity contribution < 1.29 is 14.4 Å². The molecule has 2 aromatic carbocycles. The van der Waals surface area contributed by atoms with Crippen LogP contribution < -0.4 is 10.2 Å². The zero-order valence-electron chi connectivity index (χ0n) is 14.6. The van der Waals surface area contributed by atoms with Crippen molar-refractivity contribution in [2.24, 2.45) is 10.3 Å². The molecule has 0 spiro atoms. The smallest absolute Gasteiger partial charge is 0.263 e. The van der Waals surface area contributed by atoms with Gasteiger partial charge in [0.2, 0.25) is 5.91 Å². The molecule has 0 bridgehead atoms. The van der Waals surface area contributed by atoms with Gasteiger partial charge in [0.25, 0.3) is 11.8 Å². The number of hydrogen-bond donors (Lipinski definition) is 1. The van der Waals surface area contributed by atoms with Crippen molar-refractivity contribution in [3.8, 4) is 0 Å². The number of carbonyl (C=O) groups is 3. The second-order valence-corrected chi connectivity index (χ2v) is 8.11. The Labute approximate surface area is 183 Å². The summed E-state index contributed by atoms with van der Waals surface area (Å²) in [6, 6.07) is 9.47. The highest BCUT2D eigenvalue weighted by molar-refractivity contribution is 9.10. The van der Waals surface area contributed by atoms with Crippen molar-refractivity contribution in [2.75, 3.05) is 16.8 Å². The summed E-state index contributed by atoms with van der Waals surface area (Å²) >= 11 is 15.4. The molecule has 148 valence electrons. The van der Waals surface area contributed by atoms with Crippen LogP contribution in [0.4, 0.5) is 11.4 Å². The monoisotopic (exact) mass is 495 g/mol. The number of hydrogen-bond acceptors (Lipinski definition) is 6. The van der Waals surface area contributed by atoms with Gasteiger partial charge in [-0.05, 0) is 42.5 Å². The van der Waals surface area contributed by atoms with Gasteiger partial charge in [0, 0.05) is 15.2 Å². The summed E-state index contributed by atoms with van der Waals surface area (Å²) in [5.41, 5.74) is 0.809. The largest absolute Gasteiger partial charge is 0.324 e. The van der Waals surface area contributed by atoms with Gasteiger partial charge < -0.3 is 5.32 Å². The van der Waals surface area contributed by atoms with Crippen LogP contribution in [-0.4, -0.2) is 41.4 Å². The minimum Gasteiger partial charge on any atom is -0.324 e. The van der Waals surface area contributed by atoms with Crippen molar-refractivity contribution >= 4 is 68.2 Å². The summed E-state index contributed by atoms with van der Waals surface area (Å²) in [6.07, 6.45) is 0. The van der Waals surface area contributed by atoms with Gasteiger partial charge in [-0.25, -0.2) is 4.90 Å². The van der Waals surface area contributed by atoms with E-state index in [0.717, 1.165) is 9.37 Å². The lowest BCUT2D eigenvalue weighted by atomic mass is 10.1. The van der Waals surface area contributed by atoms with Gasteiger partial charge in [-0.1, -0.05) is 44.4 Å². The lowest BCUT2D eigenvalue weighted by Gasteiger charge is -2.20. The maximum Gasteiger partial charge on any atom is 0.263 e. The third kappa shape index (κ3) is 3.73. The zero-order chi connectivity index (χ0) is 20.7. The molecular weight excluding hydrogens is 485 g/mol. The fourth-order valence-electron chi connectivity index (χ4n) is 3.13. The Morgan fingerprint density at radius 1 is 1.10 bits per heavy atom. The number of nitrogens with one attached hydrogen (secondary N) is 1. The Morgan fingerprint density at radius 3 is 2.52 bits per heavy atom. The molecular formula is C18H12BrCl2N5O3. The fourth-order valence-corrected chi connectivity index (χ4v) is 3.89. The molecule has 1 fully saturated rings. The molecule has 2 aliphatic rings. The number of amides is 3. The highest BCUT2D eigenvalue weighted by Crippen LogP contribution is 2.36. The van der Waals surface area contributed by atoms with E-state index in [9.17, 15) is 14.4 Å². The third-order valence-electron chi connectivity index (χ3n) is 4.44. The van der Waals surface area contributed by atoms with Crippen molar-refractivity contribution in [3.63, 3.8) is 0 Å². The Balaban J connectivity index is 1.50. The number of rotatable bonds is 4. The van der Waals surface area contributed by atoms with E-state index in [0.29, 0.717) is 10.7 Å². The maximum atomic E-state index is 12.9. The number of imide groups is 1. The number of anilines is 2. The maximum absolute atomic E-state index is 12.9. The number of halogens is 3. The zero-order valence-corrected chi connectivity index (χ0v) is 17.6. The van der Waals surface area contributed by atoms with Crippen molar-refractivity contribution in [3.05, 3.63) is 57.0 Å². The standard InChI is InChI=1S/C18H12BrCl2N5O3/c19-9-1-4-11(5-2-9)22-14(27)8-25-16-15(23-24-25)17(28)26(18(16)29)13-6-3-10(20)7-12(13)21/h1-7,15-16H,8H2,(H,22,27)/t15-,16+/m1/s1. The molecule has 0 radical (unpaired) electrons. The van der Waals surface area contributed by atoms with Crippen molar-refractivity contribution in [1.29, 1.82) is 0 Å². The van der Waals surface area contributed by atoms with E-state index in [4.69, 9.17) is 23.2 Å². The highest BCUT2D eigenvalue weighted by Gasteiger charge is 2.55. The van der Waals surface area contributed by atoms with Crippen LogP contribution in [0.3, 0.4) is 0 Å². The first-order valence-corrected chi connectivity index (χ1v) is 9.96. The van der Waals surface area contributed by atoms with Crippen LogP contribution in [0.1, 0.15) is 0 Å². The van der Waals surface area contributed by atoms with Gasteiger partial charge in [0.15, 0.2) is 12.1 Å². The van der Waals surface area contributed by atoms with Gasteiger partial charge in [-0.15, -0.1) is 0 Å². The second kappa shape index (κ2) is 7.74. The predicted molar refractivity (Wildman–Crippen MR) is 111 cm³/mol. The molecule has 0 aromatic heterocycles. The van der Waals surface area contributed by atoms with Gasteiger partial charge in [-0.3, -0.25) is 19.4 Å². The van der Waals surface area contributed by atoms with Crippen LogP contribution in [0.5, 0.6) is 0 Å². The van der Waals surface area contributed by atoms with Crippen LogP contribution in [0.2, 0.25) is 10.0 Å². The van der Waals surface area contributed by atoms with Gasteiger partial charge in [0.1, 0.15) is 6.54 Å². The molecule has 8 nitrogen and oxygen atoms in total. The van der Waals surface area contributed by atoms with E-state index in [1.165, 1.54) is 23.2 Å². The van der Waals surface area contributed by atoms with Crippen molar-refractivity contribution in [1.82, 2.24) is 5.01 Å². The van der Waals surface area contributed by atoms with Crippen LogP contribution in [0.25, 0.3) is 0 Å². The minimum atomic E-state index is -1.02. The summed E-state index contributed by atoms with van der Waals surface area (Å²) in [5, 5.41) is 12.2. The number of fused-ring (bicyclic) bond motifs is 1. The average molecular weight is 497 g/mol. The van der Waals surface area contributed by atoms with E-state index in [1.54, 1.807) is 24.3 Å². The first kappa shape index (κ1) is 19.8. The second-order valence-electron chi connectivity index (χ2n) is 6.35. The molecule has 2 heterocycles. The summed E-state index contributed by atoms with van der Waals surface area (Å²) in [6.45, 7) is -0.234. The average Bonchev–Trinajstić information content (AvgIpc) is 3.18. The Hall–Kier alpha value is -2.49. The molecule has 11 heteroatoms. The number of nitrogens with zero attached hydrogens (tertiary/aromatic N) is 4. The molecule has 0 unspecified atom stereocenters. The van der Waals surface area contributed by atoms with E-state index in [-0.39, 0.29) is 17.3 Å². The van der Waals surface area contributed by atoms with E-state index in [1.807, 2.05) is 0 Å². The summed E-state index contributed by atoms with van der Waals surface area (Å²) < 4.78 is 0.878. The van der Waals surface area contributed by atoms with Crippen molar-refractivity contribution in [2.45, 2.75) is 12.1 Å². The van der Waals surface area contributed by atoms with Gasteiger partial charge >= 0.3 is 0 Å². The first-order valence-electron chi connectivity index (χ1n) is 8.41. The van der Waals surface area contributed by atoms with Gasteiger partial charge in [-0.2, -0.15) is 5.11 Å². The van der Waals surface area contributed by atoms with Gasteiger partial charge in [0.05, 0.1) is 10.7 Å². The highest BCUT2D eigenvalue weighted by atomic mass is 79.9. The Morgan fingerprint density at radius 2 is 1.83 bits per heavy atom. The predicted octanol–water partition coefficient (Wildman–Crippen LogP) is 3.69. The minimum absolute atomic E-state index is 0.163. The molecule has 3 amide bonds. The number of carbonyl (C=O) groups excluding carboxylic acids is 3. The van der Waals surface area contributed by atoms with Crippen LogP contribution >= 0.6 is 39.1 Å². The summed E-state index contributed by atoms with van der Waals surface area (Å²) in [7, 11) is 0. The summed E-state index contributed by atoms with van der Waals surface area (Å²) in [4.78, 5) is 39.0. The molecule has 1 N–H and O–H groups in total. The Bertz CT molecular complexity index is 1050. The van der Waals surface area contributed by atoms with Crippen LogP contribution in [0, 0.1) is 0 Å². The molecule has 0 aliphatic carbocycles. The van der Waals surface area contributed by atoms with E-state index < -0.39 is 29.8 Å². The fraction of sp³-hybridized carbons (Fsp3) is 0.167. The quantitative estimate of drug-likeness (QED) is 0.653. The number of benzene rings is 2. The SMILES string of the molecule is O=C(CN1N=N[C@H]2C(=O)N(c3ccc(Cl)cc3Cl)C(=O)[C@H]21)Nc1ccc(Br)cc1.